The Bertz CT molecular complexity index is 2980. The summed E-state index contributed by atoms with van der Waals surface area (Å²) in [5.74, 6) is 0.326. The Kier molecular flexibility index (Phi) is 10.3. The second-order valence-electron chi connectivity index (χ2n) is 15.7. The van der Waals surface area contributed by atoms with Gasteiger partial charge in [0, 0.05) is 16.8 Å². The van der Waals surface area contributed by atoms with E-state index in [2.05, 4.69) is 248 Å². The molecule has 0 saturated heterocycles. The van der Waals surface area contributed by atoms with Gasteiger partial charge in [-0.2, -0.15) is 0 Å². The summed E-state index contributed by atoms with van der Waals surface area (Å²) in [4.78, 5) is 2.38. The highest BCUT2D eigenvalue weighted by Crippen LogP contribution is 2.40. The molecular formula is C59H45N. The quantitative estimate of drug-likeness (QED) is 0.127. The van der Waals surface area contributed by atoms with Gasteiger partial charge in [-0.05, 0) is 115 Å². The van der Waals surface area contributed by atoms with Gasteiger partial charge in [0.2, 0.25) is 0 Å². The maximum atomic E-state index is 2.38. The van der Waals surface area contributed by atoms with Crippen LogP contribution in [0, 0.1) is 0 Å². The predicted octanol–water partition coefficient (Wildman–Crippen LogP) is 16.0. The number of rotatable bonds is 11. The molecule has 0 aliphatic rings. The molecule has 0 bridgehead atoms. The minimum absolute atomic E-state index is 0.326. The van der Waals surface area contributed by atoms with Crippen LogP contribution in [0.3, 0.4) is 0 Å². The van der Waals surface area contributed by atoms with Gasteiger partial charge in [-0.15, -0.1) is 0 Å². The van der Waals surface area contributed by atoms with Crippen LogP contribution in [0.4, 0.5) is 17.1 Å². The Morgan fingerprint density at radius 3 is 1.28 bits per heavy atom. The fraction of sp³-hybridized carbons (Fsp3) is 0.0508. The fourth-order valence-corrected chi connectivity index (χ4v) is 8.81. The van der Waals surface area contributed by atoms with Crippen molar-refractivity contribution in [1.29, 1.82) is 0 Å². The van der Waals surface area contributed by atoms with E-state index in [1.165, 1.54) is 71.6 Å². The fourth-order valence-electron chi connectivity index (χ4n) is 8.81. The van der Waals surface area contributed by atoms with Crippen molar-refractivity contribution in [1.82, 2.24) is 0 Å². The van der Waals surface area contributed by atoms with E-state index in [1.807, 2.05) is 0 Å². The zero-order valence-corrected chi connectivity index (χ0v) is 33.5. The van der Waals surface area contributed by atoms with Crippen molar-refractivity contribution in [2.45, 2.75) is 18.8 Å². The van der Waals surface area contributed by atoms with Crippen LogP contribution in [0.2, 0.25) is 0 Å². The molecule has 10 aromatic carbocycles. The molecule has 0 saturated carbocycles. The molecule has 0 aliphatic heterocycles. The molecule has 1 unspecified atom stereocenters. The summed E-state index contributed by atoms with van der Waals surface area (Å²) in [6.07, 6.45) is 1.92. The Balaban J connectivity index is 0.939. The van der Waals surface area contributed by atoms with Crippen molar-refractivity contribution in [2.75, 3.05) is 4.90 Å². The Morgan fingerprint density at radius 1 is 0.300 bits per heavy atom. The van der Waals surface area contributed by atoms with E-state index in [0.717, 1.165) is 29.9 Å². The molecule has 0 radical (unpaired) electrons. The molecule has 0 heterocycles. The Labute approximate surface area is 353 Å². The van der Waals surface area contributed by atoms with Crippen LogP contribution < -0.4 is 4.90 Å². The lowest BCUT2D eigenvalue weighted by molar-refractivity contribution is 0.683. The topological polar surface area (TPSA) is 3.24 Å². The summed E-state index contributed by atoms with van der Waals surface area (Å²) in [5, 5.41) is 5.08. The Morgan fingerprint density at radius 2 is 0.717 bits per heavy atom. The average Bonchev–Trinajstić information content (AvgIpc) is 3.33. The van der Waals surface area contributed by atoms with E-state index < -0.39 is 0 Å². The number of benzene rings is 10. The van der Waals surface area contributed by atoms with Crippen LogP contribution in [0.1, 0.15) is 22.6 Å². The van der Waals surface area contributed by atoms with Gasteiger partial charge in [-0.25, -0.2) is 0 Å². The molecule has 0 spiro atoms. The van der Waals surface area contributed by atoms with Gasteiger partial charge in [0.1, 0.15) is 0 Å². The van der Waals surface area contributed by atoms with Crippen molar-refractivity contribution in [3.63, 3.8) is 0 Å². The maximum absolute atomic E-state index is 2.38. The molecule has 0 amide bonds. The highest BCUT2D eigenvalue weighted by Gasteiger charge is 2.18. The first kappa shape index (κ1) is 36.8. The van der Waals surface area contributed by atoms with Gasteiger partial charge in [0.25, 0.3) is 0 Å². The van der Waals surface area contributed by atoms with Gasteiger partial charge in [0.15, 0.2) is 0 Å². The van der Waals surface area contributed by atoms with Crippen LogP contribution in [0.5, 0.6) is 0 Å². The number of anilines is 3. The zero-order chi connectivity index (χ0) is 40.1. The summed E-state index contributed by atoms with van der Waals surface area (Å²) in [6.45, 7) is 0. The summed E-state index contributed by atoms with van der Waals surface area (Å²) in [7, 11) is 0. The van der Waals surface area contributed by atoms with Crippen LogP contribution in [-0.4, -0.2) is 0 Å². The summed E-state index contributed by atoms with van der Waals surface area (Å²) < 4.78 is 0. The van der Waals surface area contributed by atoms with E-state index in [-0.39, 0.29) is 0 Å². The van der Waals surface area contributed by atoms with E-state index in [1.54, 1.807) is 0 Å². The molecule has 286 valence electrons. The first-order valence-electron chi connectivity index (χ1n) is 21.0. The van der Waals surface area contributed by atoms with Crippen LogP contribution in [-0.2, 0) is 12.8 Å². The lowest BCUT2D eigenvalue weighted by Crippen LogP contribution is -2.10. The molecule has 0 N–H and O–H groups in total. The summed E-state index contributed by atoms with van der Waals surface area (Å²) >= 11 is 0. The van der Waals surface area contributed by atoms with E-state index in [0.29, 0.717) is 5.92 Å². The molecule has 60 heavy (non-hydrogen) atoms. The molecule has 0 aliphatic carbocycles. The van der Waals surface area contributed by atoms with Crippen molar-refractivity contribution in [3.05, 3.63) is 259 Å². The molecule has 1 atom stereocenters. The highest BCUT2D eigenvalue weighted by atomic mass is 15.1. The third-order valence-corrected chi connectivity index (χ3v) is 12.0. The van der Waals surface area contributed by atoms with E-state index in [9.17, 15) is 0 Å². The molecule has 0 fully saturated rings. The van der Waals surface area contributed by atoms with Crippen LogP contribution in [0.15, 0.2) is 243 Å². The number of hydrogen-bond acceptors (Lipinski definition) is 1. The summed E-state index contributed by atoms with van der Waals surface area (Å²) in [6, 6.07) is 88.5. The van der Waals surface area contributed by atoms with E-state index in [4.69, 9.17) is 0 Å². The van der Waals surface area contributed by atoms with Crippen LogP contribution in [0.25, 0.3) is 54.9 Å². The minimum Gasteiger partial charge on any atom is -0.310 e. The molecule has 10 aromatic rings. The SMILES string of the molecule is c1ccc(-c2ccc(C(Cc3ccc(-c4ccc(N(c5ccc(-c6ccccc6)cc5)c5cccc6ccccc56)cc4)cc3)Cc3cccc4ccccc34)cc2)cc1. The number of fused-ring (bicyclic) bond motifs is 2. The molecule has 1 heteroatoms. The summed E-state index contributed by atoms with van der Waals surface area (Å²) in [5.41, 5.74) is 14.8. The lowest BCUT2D eigenvalue weighted by atomic mass is 9.84. The number of hydrogen-bond donors (Lipinski definition) is 0. The third-order valence-electron chi connectivity index (χ3n) is 12.0. The molecule has 0 aromatic heterocycles. The smallest absolute Gasteiger partial charge is 0.0540 e. The third kappa shape index (κ3) is 7.74. The van der Waals surface area contributed by atoms with Gasteiger partial charge in [0.05, 0.1) is 5.69 Å². The highest BCUT2D eigenvalue weighted by molar-refractivity contribution is 5.99. The Hall–Kier alpha value is -7.48. The molecule has 10 rings (SSSR count). The van der Waals surface area contributed by atoms with Crippen LogP contribution >= 0.6 is 0 Å². The second kappa shape index (κ2) is 16.8. The normalized spacial score (nSPS) is 11.7. The largest absolute Gasteiger partial charge is 0.310 e. The molecular weight excluding hydrogens is 723 g/mol. The second-order valence-corrected chi connectivity index (χ2v) is 15.7. The van der Waals surface area contributed by atoms with E-state index >= 15 is 0 Å². The monoisotopic (exact) mass is 767 g/mol. The van der Waals surface area contributed by atoms with Crippen molar-refractivity contribution in [3.8, 4) is 33.4 Å². The lowest BCUT2D eigenvalue weighted by Gasteiger charge is -2.27. The van der Waals surface area contributed by atoms with Crippen molar-refractivity contribution >= 4 is 38.6 Å². The standard InChI is InChI=1S/C59H45N/c1-3-13-44(14-4-1)47-29-31-50(32-30-47)54(42-53-21-11-19-51-17-7-9-22-57(51)53)41-43-25-27-46(28-26-43)49-35-39-56(40-36-49)60(59-24-12-20-52-18-8-10-23-58(52)59)55-37-33-48(34-38-55)45-15-5-2-6-16-45/h1-40,54H,41-42H2. The van der Waals surface area contributed by atoms with Gasteiger partial charge >= 0.3 is 0 Å². The minimum atomic E-state index is 0.326. The van der Waals surface area contributed by atoms with Crippen molar-refractivity contribution < 1.29 is 0 Å². The van der Waals surface area contributed by atoms with Gasteiger partial charge in [-0.1, -0.05) is 212 Å². The maximum Gasteiger partial charge on any atom is 0.0540 e. The first-order chi connectivity index (χ1) is 29.7. The first-order valence-corrected chi connectivity index (χ1v) is 21.0. The van der Waals surface area contributed by atoms with Crippen molar-refractivity contribution in [2.24, 2.45) is 0 Å². The molecule has 1 nitrogen and oxygen atoms in total. The van der Waals surface area contributed by atoms with Gasteiger partial charge < -0.3 is 4.90 Å². The number of nitrogens with zero attached hydrogens (tertiary/aromatic N) is 1. The zero-order valence-electron chi connectivity index (χ0n) is 33.5. The predicted molar refractivity (Wildman–Crippen MR) is 255 cm³/mol. The average molecular weight is 768 g/mol. The van der Waals surface area contributed by atoms with Gasteiger partial charge in [-0.3, -0.25) is 0 Å².